The zero-order valence-electron chi connectivity index (χ0n) is 18.8. The van der Waals surface area contributed by atoms with Crippen molar-refractivity contribution in [3.05, 3.63) is 84.2 Å². The Morgan fingerprint density at radius 3 is 2.76 bits per heavy atom. The molecule has 1 unspecified atom stereocenters. The summed E-state index contributed by atoms with van der Waals surface area (Å²) in [4.78, 5) is 27.9. The van der Waals surface area contributed by atoms with Crippen LogP contribution in [0.3, 0.4) is 0 Å². The molecule has 1 aromatic heterocycles. The first kappa shape index (κ1) is 22.2. The molecule has 1 fully saturated rings. The number of amides is 2. The van der Waals surface area contributed by atoms with E-state index in [-0.39, 0.29) is 23.6 Å². The maximum absolute atomic E-state index is 13.5. The van der Waals surface area contributed by atoms with Crippen LogP contribution in [0.4, 0.5) is 5.69 Å². The van der Waals surface area contributed by atoms with Crippen molar-refractivity contribution in [1.29, 1.82) is 0 Å². The zero-order chi connectivity index (χ0) is 23.5. The second-order valence-corrected chi connectivity index (χ2v) is 9.31. The van der Waals surface area contributed by atoms with Gasteiger partial charge in [-0.25, -0.2) is 0 Å². The second-order valence-electron chi connectivity index (χ2n) is 8.37. The van der Waals surface area contributed by atoms with Crippen LogP contribution in [0.5, 0.6) is 0 Å². The maximum atomic E-state index is 13.5. The van der Waals surface area contributed by atoms with Crippen molar-refractivity contribution < 1.29 is 9.59 Å². The van der Waals surface area contributed by atoms with E-state index in [0.717, 1.165) is 19.4 Å². The van der Waals surface area contributed by atoms with E-state index in [1.54, 1.807) is 23.0 Å². The van der Waals surface area contributed by atoms with Gasteiger partial charge in [-0.15, -0.1) is 10.2 Å². The minimum absolute atomic E-state index is 0.0139. The highest BCUT2D eigenvalue weighted by molar-refractivity contribution is 7.99. The standard InChI is InChI=1S/C26H25N5O2S/c1-30-17-27-29-26(30)34-16-24(32)28-20-10-4-9-19(15-20)25(33)31-14-6-13-23(31)22-12-5-8-18-7-2-3-11-21(18)22/h2-5,7-12,15,17,23H,6,13-14,16H2,1H3,(H,28,32). The number of rotatable bonds is 6. The molecule has 2 heterocycles. The Kier molecular flexibility index (Phi) is 6.31. The van der Waals surface area contributed by atoms with Gasteiger partial charge in [-0.05, 0) is 47.4 Å². The average molecular weight is 472 g/mol. The van der Waals surface area contributed by atoms with E-state index in [1.807, 2.05) is 36.2 Å². The van der Waals surface area contributed by atoms with Crippen LogP contribution in [-0.2, 0) is 11.8 Å². The molecule has 172 valence electrons. The van der Waals surface area contributed by atoms with Crippen molar-refractivity contribution in [1.82, 2.24) is 19.7 Å². The predicted molar refractivity (Wildman–Crippen MR) is 134 cm³/mol. The molecule has 0 aliphatic carbocycles. The summed E-state index contributed by atoms with van der Waals surface area (Å²) in [5, 5.41) is 13.7. The third kappa shape index (κ3) is 4.54. The number of carbonyl (C=O) groups excluding carboxylic acids is 2. The van der Waals surface area contributed by atoms with E-state index in [2.05, 4.69) is 45.8 Å². The summed E-state index contributed by atoms with van der Waals surface area (Å²) < 4.78 is 1.76. The summed E-state index contributed by atoms with van der Waals surface area (Å²) in [5.41, 5.74) is 2.37. The van der Waals surface area contributed by atoms with Gasteiger partial charge in [-0.3, -0.25) is 9.59 Å². The number of aromatic nitrogens is 3. The lowest BCUT2D eigenvalue weighted by Crippen LogP contribution is -2.30. The van der Waals surface area contributed by atoms with Gasteiger partial charge >= 0.3 is 0 Å². The molecule has 1 saturated heterocycles. The number of nitrogens with one attached hydrogen (secondary N) is 1. The lowest BCUT2D eigenvalue weighted by molar-refractivity contribution is -0.113. The van der Waals surface area contributed by atoms with E-state index in [1.165, 1.54) is 28.1 Å². The van der Waals surface area contributed by atoms with Crippen LogP contribution in [0.25, 0.3) is 10.8 Å². The van der Waals surface area contributed by atoms with Gasteiger partial charge in [0.1, 0.15) is 6.33 Å². The number of benzene rings is 3. The van der Waals surface area contributed by atoms with Gasteiger partial charge in [0, 0.05) is 24.8 Å². The molecule has 0 bridgehead atoms. The quantitative estimate of drug-likeness (QED) is 0.413. The van der Waals surface area contributed by atoms with E-state index in [4.69, 9.17) is 0 Å². The van der Waals surface area contributed by atoms with E-state index in [0.29, 0.717) is 16.4 Å². The Balaban J connectivity index is 1.31. The highest BCUT2D eigenvalue weighted by Crippen LogP contribution is 2.37. The van der Waals surface area contributed by atoms with E-state index >= 15 is 0 Å². The smallest absolute Gasteiger partial charge is 0.254 e. The van der Waals surface area contributed by atoms with Gasteiger partial charge in [-0.1, -0.05) is 60.3 Å². The number of thioether (sulfide) groups is 1. The first-order valence-corrected chi connectivity index (χ1v) is 12.2. The highest BCUT2D eigenvalue weighted by atomic mass is 32.2. The third-order valence-corrected chi connectivity index (χ3v) is 7.13. The fraction of sp³-hybridized carbons (Fsp3) is 0.231. The van der Waals surface area contributed by atoms with Crippen LogP contribution in [0.1, 0.15) is 34.8 Å². The minimum Gasteiger partial charge on any atom is -0.332 e. The second kappa shape index (κ2) is 9.69. The fourth-order valence-electron chi connectivity index (χ4n) is 4.50. The average Bonchev–Trinajstić information content (AvgIpc) is 3.51. The fourth-order valence-corrected chi connectivity index (χ4v) is 5.19. The summed E-state index contributed by atoms with van der Waals surface area (Å²) in [7, 11) is 1.83. The number of aryl methyl sites for hydroxylation is 1. The molecular formula is C26H25N5O2S. The first-order valence-electron chi connectivity index (χ1n) is 11.3. The molecule has 34 heavy (non-hydrogen) atoms. The number of fused-ring (bicyclic) bond motifs is 1. The van der Waals surface area contributed by atoms with Crippen molar-refractivity contribution in [2.45, 2.75) is 24.0 Å². The van der Waals surface area contributed by atoms with Gasteiger partial charge in [0.2, 0.25) is 5.91 Å². The lowest BCUT2D eigenvalue weighted by Gasteiger charge is -2.26. The molecule has 4 aromatic rings. The number of nitrogens with zero attached hydrogens (tertiary/aromatic N) is 4. The monoisotopic (exact) mass is 471 g/mol. The normalized spacial score (nSPS) is 15.6. The molecule has 1 aliphatic rings. The molecule has 1 atom stereocenters. The molecular weight excluding hydrogens is 446 g/mol. The lowest BCUT2D eigenvalue weighted by atomic mass is 9.97. The zero-order valence-corrected chi connectivity index (χ0v) is 19.7. The molecule has 1 aliphatic heterocycles. The van der Waals surface area contributed by atoms with Crippen molar-refractivity contribution >= 4 is 40.0 Å². The molecule has 8 heteroatoms. The molecule has 0 spiro atoms. The van der Waals surface area contributed by atoms with E-state index in [9.17, 15) is 9.59 Å². The molecule has 5 rings (SSSR count). The molecule has 0 saturated carbocycles. The summed E-state index contributed by atoms with van der Waals surface area (Å²) in [6, 6.07) is 21.8. The number of likely N-dealkylation sites (tertiary alicyclic amines) is 1. The Morgan fingerprint density at radius 2 is 1.91 bits per heavy atom. The Bertz CT molecular complexity index is 1350. The number of anilines is 1. The van der Waals surface area contributed by atoms with Crippen molar-refractivity contribution in [2.24, 2.45) is 7.05 Å². The first-order chi connectivity index (χ1) is 16.6. The van der Waals surface area contributed by atoms with Crippen molar-refractivity contribution in [3.8, 4) is 0 Å². The van der Waals surface area contributed by atoms with Crippen LogP contribution in [0.2, 0.25) is 0 Å². The maximum Gasteiger partial charge on any atom is 0.254 e. The number of carbonyl (C=O) groups is 2. The summed E-state index contributed by atoms with van der Waals surface area (Å²) in [5.74, 6) is 0.0346. The van der Waals surface area contributed by atoms with Gasteiger partial charge in [-0.2, -0.15) is 0 Å². The van der Waals surface area contributed by atoms with E-state index < -0.39 is 0 Å². The van der Waals surface area contributed by atoms with Crippen molar-refractivity contribution in [3.63, 3.8) is 0 Å². The Hall–Kier alpha value is -3.65. The van der Waals surface area contributed by atoms with Crippen molar-refractivity contribution in [2.75, 3.05) is 17.6 Å². The highest BCUT2D eigenvalue weighted by Gasteiger charge is 2.31. The molecule has 7 nitrogen and oxygen atoms in total. The van der Waals surface area contributed by atoms with Gasteiger partial charge in [0.05, 0.1) is 11.8 Å². The largest absolute Gasteiger partial charge is 0.332 e. The molecule has 0 radical (unpaired) electrons. The van der Waals surface area contributed by atoms with Crippen LogP contribution in [0, 0.1) is 0 Å². The number of hydrogen-bond donors (Lipinski definition) is 1. The van der Waals surface area contributed by atoms with Crippen LogP contribution in [-0.4, -0.2) is 43.8 Å². The van der Waals surface area contributed by atoms with Gasteiger partial charge < -0.3 is 14.8 Å². The predicted octanol–water partition coefficient (Wildman–Crippen LogP) is 4.68. The van der Waals surface area contributed by atoms with Crippen LogP contribution < -0.4 is 5.32 Å². The molecule has 3 aromatic carbocycles. The third-order valence-electron chi connectivity index (χ3n) is 6.09. The summed E-state index contributed by atoms with van der Waals surface area (Å²) >= 11 is 1.31. The Labute approximate surface area is 202 Å². The minimum atomic E-state index is -0.160. The molecule has 2 amide bonds. The molecule has 1 N–H and O–H groups in total. The summed E-state index contributed by atoms with van der Waals surface area (Å²) in [6.07, 6.45) is 3.50. The topological polar surface area (TPSA) is 80.1 Å². The van der Waals surface area contributed by atoms with Gasteiger partial charge in [0.25, 0.3) is 5.91 Å². The van der Waals surface area contributed by atoms with Gasteiger partial charge in [0.15, 0.2) is 5.16 Å². The van der Waals surface area contributed by atoms with Crippen LogP contribution >= 0.6 is 11.8 Å². The SMILES string of the molecule is Cn1cnnc1SCC(=O)Nc1cccc(C(=O)N2CCCC2c2cccc3ccccc23)c1. The Morgan fingerprint density at radius 1 is 1.09 bits per heavy atom. The summed E-state index contributed by atoms with van der Waals surface area (Å²) in [6.45, 7) is 0.720. The van der Waals surface area contributed by atoms with Crippen LogP contribution in [0.15, 0.2) is 78.2 Å². The number of hydrogen-bond acceptors (Lipinski definition) is 5.